The molecule has 0 saturated carbocycles. The van der Waals surface area contributed by atoms with Crippen LogP contribution in [-0.4, -0.2) is 24.9 Å². The van der Waals surface area contributed by atoms with Gasteiger partial charge in [-0.2, -0.15) is 0 Å². The van der Waals surface area contributed by atoms with Gasteiger partial charge in [0, 0.05) is 52.8 Å². The van der Waals surface area contributed by atoms with E-state index < -0.39 is 0 Å². The summed E-state index contributed by atoms with van der Waals surface area (Å²) in [5.41, 5.74) is 5.06. The smallest absolute Gasteiger partial charge is 0.131 e. The fraction of sp³-hybridized carbons (Fsp3) is 0.368. The van der Waals surface area contributed by atoms with Crippen molar-refractivity contribution in [3.05, 3.63) is 46.2 Å². The summed E-state index contributed by atoms with van der Waals surface area (Å²) >= 11 is 6.50. The van der Waals surface area contributed by atoms with Crippen LogP contribution in [0.1, 0.15) is 36.6 Å². The van der Waals surface area contributed by atoms with E-state index in [4.69, 9.17) is 16.3 Å². The number of hydrogen-bond donors (Lipinski definition) is 0. The average molecular weight is 331 g/mol. The Hall–Kier alpha value is -1.87. The minimum absolute atomic E-state index is 0.122. The Morgan fingerprint density at radius 1 is 1.35 bits per heavy atom. The van der Waals surface area contributed by atoms with Crippen LogP contribution in [0.4, 0.5) is 0 Å². The number of aliphatic imine (C=N–C) groups is 1. The topological polar surface area (TPSA) is 34.5 Å². The van der Waals surface area contributed by atoms with Crippen LogP contribution in [0.15, 0.2) is 29.4 Å². The Kier molecular flexibility index (Phi) is 5.78. The fourth-order valence-corrected chi connectivity index (χ4v) is 2.86. The minimum Gasteiger partial charge on any atom is -0.493 e. The van der Waals surface area contributed by atoms with Gasteiger partial charge in [-0.1, -0.05) is 24.6 Å². The van der Waals surface area contributed by atoms with E-state index >= 15 is 0 Å². The van der Waals surface area contributed by atoms with E-state index in [0.29, 0.717) is 6.61 Å². The molecule has 0 bridgehead atoms. The highest BCUT2D eigenvalue weighted by Gasteiger charge is 2.20. The monoisotopic (exact) mass is 330 g/mol. The number of aromatic nitrogens is 1. The number of pyridine rings is 1. The van der Waals surface area contributed by atoms with Gasteiger partial charge in [-0.25, -0.2) is 0 Å². The lowest BCUT2D eigenvalue weighted by Gasteiger charge is -2.21. The molecular formula is C19H23ClN2O. The van der Waals surface area contributed by atoms with Crippen LogP contribution in [0.25, 0.3) is 11.1 Å². The predicted molar refractivity (Wildman–Crippen MR) is 98.2 cm³/mol. The van der Waals surface area contributed by atoms with E-state index in [2.05, 4.69) is 23.0 Å². The second kappa shape index (κ2) is 7.60. The molecule has 0 amide bonds. The third kappa shape index (κ3) is 3.73. The maximum absolute atomic E-state index is 6.50. The van der Waals surface area contributed by atoms with Gasteiger partial charge in [0.1, 0.15) is 5.75 Å². The van der Waals surface area contributed by atoms with Gasteiger partial charge in [-0.05, 0) is 38.5 Å². The van der Waals surface area contributed by atoms with Gasteiger partial charge >= 0.3 is 0 Å². The molecule has 0 fully saturated rings. The number of halogens is 1. The molecular weight excluding hydrogens is 308 g/mol. The van der Waals surface area contributed by atoms with Crippen LogP contribution in [-0.2, 0) is 0 Å². The molecule has 1 atom stereocenters. The summed E-state index contributed by atoms with van der Waals surface area (Å²) in [6.07, 6.45) is 3.78. The zero-order valence-electron chi connectivity index (χ0n) is 14.4. The lowest BCUT2D eigenvalue weighted by molar-refractivity contribution is 0.337. The number of benzene rings is 1. The predicted octanol–water partition coefficient (Wildman–Crippen LogP) is 5.22. The first-order valence-electron chi connectivity index (χ1n) is 7.80. The van der Waals surface area contributed by atoms with E-state index in [0.717, 1.165) is 38.7 Å². The van der Waals surface area contributed by atoms with Crippen molar-refractivity contribution in [3.8, 4) is 16.9 Å². The third-order valence-electron chi connectivity index (χ3n) is 3.86. The maximum Gasteiger partial charge on any atom is 0.131 e. The third-order valence-corrected chi connectivity index (χ3v) is 4.25. The molecule has 0 saturated heterocycles. The molecule has 0 aliphatic carbocycles. The molecule has 0 spiro atoms. The summed E-state index contributed by atoms with van der Waals surface area (Å²) in [5, 5.41) is 0.732. The molecule has 3 nitrogen and oxygen atoms in total. The Labute approximate surface area is 143 Å². The number of nitrogens with zero attached hydrogens (tertiary/aromatic N) is 2. The Morgan fingerprint density at radius 3 is 2.65 bits per heavy atom. The Balaban J connectivity index is 2.74. The molecule has 1 unspecified atom stereocenters. The maximum atomic E-state index is 6.50. The van der Waals surface area contributed by atoms with Crippen molar-refractivity contribution in [2.45, 2.75) is 33.6 Å². The molecule has 0 radical (unpaired) electrons. The van der Waals surface area contributed by atoms with Gasteiger partial charge in [0.15, 0.2) is 0 Å². The summed E-state index contributed by atoms with van der Waals surface area (Å²) in [6, 6.07) is 6.05. The van der Waals surface area contributed by atoms with Crippen LogP contribution in [0.3, 0.4) is 0 Å². The Morgan fingerprint density at radius 2 is 2.09 bits per heavy atom. The van der Waals surface area contributed by atoms with Crippen molar-refractivity contribution in [2.24, 2.45) is 4.99 Å². The van der Waals surface area contributed by atoms with Crippen molar-refractivity contribution >= 4 is 17.8 Å². The number of hydrogen-bond acceptors (Lipinski definition) is 3. The van der Waals surface area contributed by atoms with Gasteiger partial charge in [0.25, 0.3) is 0 Å². The van der Waals surface area contributed by atoms with E-state index in [9.17, 15) is 0 Å². The highest BCUT2D eigenvalue weighted by molar-refractivity contribution is 6.32. The zero-order chi connectivity index (χ0) is 17.0. The SMILES string of the molecule is CCOc1c(C(C)C=NC)cc(Cl)c(C)c1-c1ccc(C)nc1. The standard InChI is InChI=1S/C19H23ClN2O/c1-6-23-19-16(12(2)10-21-5)9-17(20)14(4)18(19)15-8-7-13(3)22-11-15/h7-12H,6H2,1-5H3. The van der Waals surface area contributed by atoms with Gasteiger partial charge in [0.05, 0.1) is 6.61 Å². The van der Waals surface area contributed by atoms with Crippen LogP contribution in [0.5, 0.6) is 5.75 Å². The molecule has 23 heavy (non-hydrogen) atoms. The van der Waals surface area contributed by atoms with Crippen molar-refractivity contribution < 1.29 is 4.74 Å². The van der Waals surface area contributed by atoms with E-state index in [1.807, 2.05) is 45.3 Å². The van der Waals surface area contributed by atoms with Crippen molar-refractivity contribution in [3.63, 3.8) is 0 Å². The highest BCUT2D eigenvalue weighted by atomic mass is 35.5. The van der Waals surface area contributed by atoms with Gasteiger partial charge < -0.3 is 9.73 Å². The molecule has 0 aliphatic heterocycles. The molecule has 0 aliphatic rings. The first kappa shape index (κ1) is 17.5. The quantitative estimate of drug-likeness (QED) is 0.704. The zero-order valence-corrected chi connectivity index (χ0v) is 15.1. The lowest BCUT2D eigenvalue weighted by Crippen LogP contribution is -2.05. The van der Waals surface area contributed by atoms with E-state index in [1.165, 1.54) is 0 Å². The van der Waals surface area contributed by atoms with Crippen molar-refractivity contribution in [2.75, 3.05) is 13.7 Å². The van der Waals surface area contributed by atoms with Crippen LogP contribution < -0.4 is 4.74 Å². The number of rotatable bonds is 5. The molecule has 1 heterocycles. The molecule has 2 rings (SSSR count). The lowest BCUT2D eigenvalue weighted by atomic mass is 9.92. The van der Waals surface area contributed by atoms with Gasteiger partial charge in [-0.15, -0.1) is 0 Å². The van der Waals surface area contributed by atoms with E-state index in [1.54, 1.807) is 7.05 Å². The summed E-state index contributed by atoms with van der Waals surface area (Å²) < 4.78 is 6.01. The summed E-state index contributed by atoms with van der Waals surface area (Å²) in [6.45, 7) is 8.67. The largest absolute Gasteiger partial charge is 0.493 e. The highest BCUT2D eigenvalue weighted by Crippen LogP contribution is 2.42. The first-order valence-corrected chi connectivity index (χ1v) is 8.18. The molecule has 2 aromatic rings. The Bertz CT molecular complexity index is 708. The van der Waals surface area contributed by atoms with Crippen LogP contribution in [0.2, 0.25) is 5.02 Å². The number of ether oxygens (including phenoxy) is 1. The van der Waals surface area contributed by atoms with Gasteiger partial charge in [0.2, 0.25) is 0 Å². The second-order valence-corrected chi connectivity index (χ2v) is 6.00. The molecule has 0 N–H and O–H groups in total. The van der Waals surface area contributed by atoms with Crippen LogP contribution >= 0.6 is 11.6 Å². The number of aryl methyl sites for hydroxylation is 1. The molecule has 1 aromatic carbocycles. The summed E-state index contributed by atoms with van der Waals surface area (Å²) in [7, 11) is 1.78. The van der Waals surface area contributed by atoms with E-state index in [-0.39, 0.29) is 5.92 Å². The second-order valence-electron chi connectivity index (χ2n) is 5.59. The molecule has 1 aromatic heterocycles. The molecule has 4 heteroatoms. The van der Waals surface area contributed by atoms with Crippen molar-refractivity contribution in [1.82, 2.24) is 4.98 Å². The summed E-state index contributed by atoms with van der Waals surface area (Å²) in [5.74, 6) is 0.990. The van der Waals surface area contributed by atoms with Gasteiger partial charge in [-0.3, -0.25) is 4.98 Å². The summed E-state index contributed by atoms with van der Waals surface area (Å²) in [4.78, 5) is 8.56. The van der Waals surface area contributed by atoms with Crippen molar-refractivity contribution in [1.29, 1.82) is 0 Å². The average Bonchev–Trinajstić information content (AvgIpc) is 2.52. The fourth-order valence-electron chi connectivity index (χ4n) is 2.65. The van der Waals surface area contributed by atoms with Crippen LogP contribution in [0, 0.1) is 13.8 Å². The normalized spacial score (nSPS) is 12.6. The first-order chi connectivity index (χ1) is 11.0. The minimum atomic E-state index is 0.122. The molecule has 122 valence electrons.